The van der Waals surface area contributed by atoms with Crippen molar-refractivity contribution in [1.82, 2.24) is 0 Å². The van der Waals surface area contributed by atoms with Gasteiger partial charge in [-0.25, -0.2) is 8.42 Å². The van der Waals surface area contributed by atoms with Crippen LogP contribution in [0.25, 0.3) is 0 Å². The minimum absolute atomic E-state index is 0.0478. The van der Waals surface area contributed by atoms with E-state index in [1.165, 1.54) is 31.4 Å². The van der Waals surface area contributed by atoms with Gasteiger partial charge in [-0.1, -0.05) is 6.07 Å². The lowest BCUT2D eigenvalue weighted by molar-refractivity contribution is 0.102. The Hall–Kier alpha value is -2.54. The summed E-state index contributed by atoms with van der Waals surface area (Å²) in [6, 6.07) is 9.03. The van der Waals surface area contributed by atoms with E-state index >= 15 is 0 Å². The van der Waals surface area contributed by atoms with E-state index in [1.807, 2.05) is 0 Å². The molecular weight excluding hydrogens is 318 g/mol. The van der Waals surface area contributed by atoms with Crippen molar-refractivity contribution in [2.45, 2.75) is 11.8 Å². The first-order valence-electron chi connectivity index (χ1n) is 6.71. The number of carbonyl (C=O) groups excluding carboxylic acids is 1. The number of amides is 1. The Morgan fingerprint density at radius 2 is 1.91 bits per heavy atom. The van der Waals surface area contributed by atoms with E-state index in [-0.39, 0.29) is 22.0 Å². The number of phenolic OH excluding ortho intramolecular Hbond substituents is 1. The molecule has 0 spiro atoms. The Labute approximate surface area is 134 Å². The van der Waals surface area contributed by atoms with Gasteiger partial charge in [-0.15, -0.1) is 0 Å². The number of benzene rings is 2. The highest BCUT2D eigenvalue weighted by Gasteiger charge is 2.17. The predicted octanol–water partition coefficient (Wildman–Crippen LogP) is 2.37. The number of phenols is 1. The highest BCUT2D eigenvalue weighted by Crippen LogP contribution is 2.31. The molecule has 0 fully saturated rings. The third-order valence-corrected chi connectivity index (χ3v) is 4.31. The number of aryl methyl sites for hydroxylation is 1. The summed E-state index contributed by atoms with van der Waals surface area (Å²) < 4.78 is 28.1. The number of nitrogens with one attached hydrogen (secondary N) is 1. The number of carbonyl (C=O) groups is 1. The van der Waals surface area contributed by atoms with Gasteiger partial charge in [0.15, 0.2) is 21.3 Å². The molecule has 2 N–H and O–H groups in total. The third kappa shape index (κ3) is 3.81. The van der Waals surface area contributed by atoms with Crippen LogP contribution in [-0.2, 0) is 9.84 Å². The minimum Gasteiger partial charge on any atom is -0.504 e. The van der Waals surface area contributed by atoms with Crippen LogP contribution in [0.15, 0.2) is 41.3 Å². The highest BCUT2D eigenvalue weighted by atomic mass is 32.2. The maximum absolute atomic E-state index is 12.3. The molecule has 7 heteroatoms. The number of anilines is 1. The molecule has 0 aliphatic rings. The summed E-state index contributed by atoms with van der Waals surface area (Å²) in [6.07, 6.45) is 1.09. The third-order valence-electron chi connectivity index (χ3n) is 3.20. The van der Waals surface area contributed by atoms with E-state index < -0.39 is 15.7 Å². The zero-order valence-corrected chi connectivity index (χ0v) is 13.8. The fourth-order valence-electron chi connectivity index (χ4n) is 2.08. The average molecular weight is 335 g/mol. The van der Waals surface area contributed by atoms with Crippen LogP contribution in [0.1, 0.15) is 15.9 Å². The van der Waals surface area contributed by atoms with Crippen LogP contribution in [-0.4, -0.2) is 32.8 Å². The summed E-state index contributed by atoms with van der Waals surface area (Å²) in [4.78, 5) is 12.4. The first kappa shape index (κ1) is 16.8. The second-order valence-electron chi connectivity index (χ2n) is 5.12. The predicted molar refractivity (Wildman–Crippen MR) is 86.9 cm³/mol. The van der Waals surface area contributed by atoms with Crippen LogP contribution in [0.2, 0.25) is 0 Å². The molecule has 2 rings (SSSR count). The van der Waals surface area contributed by atoms with Crippen LogP contribution < -0.4 is 10.1 Å². The molecule has 0 aromatic heterocycles. The van der Waals surface area contributed by atoms with Gasteiger partial charge in [-0.3, -0.25) is 4.79 Å². The molecule has 0 unspecified atom stereocenters. The van der Waals surface area contributed by atoms with Gasteiger partial charge < -0.3 is 15.2 Å². The Bertz CT molecular complexity index is 859. The molecule has 0 saturated heterocycles. The van der Waals surface area contributed by atoms with Gasteiger partial charge in [0, 0.05) is 11.9 Å². The summed E-state index contributed by atoms with van der Waals surface area (Å²) in [5.41, 5.74) is 1.11. The van der Waals surface area contributed by atoms with Gasteiger partial charge in [0.25, 0.3) is 5.91 Å². The van der Waals surface area contributed by atoms with Gasteiger partial charge >= 0.3 is 0 Å². The molecule has 0 atom stereocenters. The molecule has 0 heterocycles. The summed E-state index contributed by atoms with van der Waals surface area (Å²) in [7, 11) is -1.98. The summed E-state index contributed by atoms with van der Waals surface area (Å²) >= 11 is 0. The van der Waals surface area contributed by atoms with E-state index in [0.29, 0.717) is 5.69 Å². The monoisotopic (exact) mass is 335 g/mol. The van der Waals surface area contributed by atoms with Crippen molar-refractivity contribution in [2.75, 3.05) is 18.7 Å². The van der Waals surface area contributed by atoms with E-state index in [0.717, 1.165) is 11.8 Å². The van der Waals surface area contributed by atoms with Crippen molar-refractivity contribution < 1.29 is 23.1 Å². The van der Waals surface area contributed by atoms with Crippen molar-refractivity contribution in [2.24, 2.45) is 0 Å². The Morgan fingerprint density at radius 3 is 2.52 bits per heavy atom. The van der Waals surface area contributed by atoms with Crippen molar-refractivity contribution in [3.63, 3.8) is 0 Å². The van der Waals surface area contributed by atoms with Gasteiger partial charge in [0.2, 0.25) is 0 Å². The molecule has 0 aliphatic heterocycles. The Morgan fingerprint density at radius 1 is 1.22 bits per heavy atom. The normalized spacial score (nSPS) is 11.1. The van der Waals surface area contributed by atoms with Crippen LogP contribution in [0, 0.1) is 6.92 Å². The van der Waals surface area contributed by atoms with E-state index in [4.69, 9.17) is 4.74 Å². The van der Waals surface area contributed by atoms with Crippen molar-refractivity contribution in [1.29, 1.82) is 0 Å². The summed E-state index contributed by atoms with van der Waals surface area (Å²) in [5, 5.41) is 12.6. The largest absolute Gasteiger partial charge is 0.504 e. The number of hydrogen-bond acceptors (Lipinski definition) is 5. The topological polar surface area (TPSA) is 92.7 Å². The van der Waals surface area contributed by atoms with Crippen LogP contribution in [0.3, 0.4) is 0 Å². The maximum Gasteiger partial charge on any atom is 0.259 e. The lowest BCUT2D eigenvalue weighted by atomic mass is 10.1. The van der Waals surface area contributed by atoms with Crippen molar-refractivity contribution in [3.8, 4) is 11.5 Å². The Kier molecular flexibility index (Phi) is 4.60. The zero-order chi connectivity index (χ0) is 17.2. The maximum atomic E-state index is 12.3. The zero-order valence-electron chi connectivity index (χ0n) is 13.0. The smallest absolute Gasteiger partial charge is 0.259 e. The molecule has 0 saturated carbocycles. The number of hydrogen-bond donors (Lipinski definition) is 2. The number of methoxy groups -OCH3 is 1. The summed E-state index contributed by atoms with van der Waals surface area (Å²) in [6.45, 7) is 1.77. The lowest BCUT2D eigenvalue weighted by Crippen LogP contribution is -2.13. The standard InChI is InChI=1S/C16H17NO5S/c1-10-7-13(15(18)14(8-10)22-2)16(19)17-11-5-4-6-12(9-11)23(3,20)21/h4-9,18H,1-3H3,(H,17,19). The van der Waals surface area contributed by atoms with Gasteiger partial charge in [-0.2, -0.15) is 0 Å². The number of sulfone groups is 1. The molecule has 2 aromatic carbocycles. The molecule has 0 aliphatic carbocycles. The van der Waals surface area contributed by atoms with Crippen LogP contribution in [0.5, 0.6) is 11.5 Å². The van der Waals surface area contributed by atoms with E-state index in [1.54, 1.807) is 19.1 Å². The SMILES string of the molecule is COc1cc(C)cc(C(=O)Nc2cccc(S(C)(=O)=O)c2)c1O. The minimum atomic E-state index is -3.37. The molecule has 23 heavy (non-hydrogen) atoms. The Balaban J connectivity index is 2.35. The molecular formula is C16H17NO5S. The van der Waals surface area contributed by atoms with Crippen LogP contribution >= 0.6 is 0 Å². The van der Waals surface area contributed by atoms with Crippen molar-refractivity contribution in [3.05, 3.63) is 47.5 Å². The van der Waals surface area contributed by atoms with Gasteiger partial charge in [0.1, 0.15) is 0 Å². The second-order valence-corrected chi connectivity index (χ2v) is 7.13. The second kappa shape index (κ2) is 6.29. The lowest BCUT2D eigenvalue weighted by Gasteiger charge is -2.11. The van der Waals surface area contributed by atoms with E-state index in [2.05, 4.69) is 5.32 Å². The fourth-order valence-corrected chi connectivity index (χ4v) is 2.74. The average Bonchev–Trinajstić information content (AvgIpc) is 2.48. The van der Waals surface area contributed by atoms with Gasteiger partial charge in [-0.05, 0) is 42.8 Å². The number of ether oxygens (including phenoxy) is 1. The van der Waals surface area contributed by atoms with Crippen molar-refractivity contribution >= 4 is 21.4 Å². The van der Waals surface area contributed by atoms with E-state index in [9.17, 15) is 18.3 Å². The molecule has 122 valence electrons. The number of rotatable bonds is 4. The highest BCUT2D eigenvalue weighted by molar-refractivity contribution is 7.90. The molecule has 0 bridgehead atoms. The molecule has 6 nitrogen and oxygen atoms in total. The first-order valence-corrected chi connectivity index (χ1v) is 8.60. The molecule has 1 amide bonds. The first-order chi connectivity index (χ1) is 10.7. The quantitative estimate of drug-likeness (QED) is 0.895. The van der Waals surface area contributed by atoms with Crippen LogP contribution in [0.4, 0.5) is 5.69 Å². The van der Waals surface area contributed by atoms with Gasteiger partial charge in [0.05, 0.1) is 17.6 Å². The fraction of sp³-hybridized carbons (Fsp3) is 0.188. The molecule has 2 aromatic rings. The number of aromatic hydroxyl groups is 1. The summed E-state index contributed by atoms with van der Waals surface area (Å²) in [5.74, 6) is -0.634. The molecule has 0 radical (unpaired) electrons.